The van der Waals surface area contributed by atoms with E-state index in [4.69, 9.17) is 6.42 Å². The number of terminal acetylenes is 1. The quantitative estimate of drug-likeness (QED) is 0.398. The van der Waals surface area contributed by atoms with Crippen molar-refractivity contribution < 1.29 is 14.4 Å². The van der Waals surface area contributed by atoms with Crippen molar-refractivity contribution in [1.29, 1.82) is 0 Å². The number of carbonyl (C=O) groups is 3. The van der Waals surface area contributed by atoms with E-state index in [1.165, 1.54) is 4.70 Å². The lowest BCUT2D eigenvalue weighted by Crippen LogP contribution is -2.31. The monoisotopic (exact) mass is 392 g/mol. The Bertz CT molecular complexity index is 1140. The van der Waals surface area contributed by atoms with Gasteiger partial charge in [0.1, 0.15) is 0 Å². The summed E-state index contributed by atoms with van der Waals surface area (Å²) in [5.74, 6) is 0.720. The molecule has 1 amide bonds. The van der Waals surface area contributed by atoms with Gasteiger partial charge in [0.25, 0.3) is 11.7 Å². The minimum atomic E-state index is -0.767. The molecule has 0 saturated heterocycles. The third-order valence-electron chi connectivity index (χ3n) is 4.86. The molecule has 0 aliphatic heterocycles. The Hall–Kier alpha value is -3.17. The maximum atomic E-state index is 13.0. The zero-order valence-corrected chi connectivity index (χ0v) is 16.8. The van der Waals surface area contributed by atoms with Gasteiger partial charge in [-0.2, -0.15) is 0 Å². The number of fused-ring (bicyclic) bond motifs is 1. The second-order valence-corrected chi connectivity index (χ2v) is 7.55. The molecule has 1 aromatic carbocycles. The van der Waals surface area contributed by atoms with E-state index < -0.39 is 11.7 Å². The summed E-state index contributed by atoms with van der Waals surface area (Å²) in [6.07, 6.45) is 5.34. The van der Waals surface area contributed by atoms with Gasteiger partial charge in [0.2, 0.25) is 0 Å². The van der Waals surface area contributed by atoms with Crippen LogP contribution in [-0.4, -0.2) is 28.6 Å². The Morgan fingerprint density at radius 3 is 2.68 bits per heavy atom. The van der Waals surface area contributed by atoms with Crippen LogP contribution in [0.2, 0.25) is 0 Å². The van der Waals surface area contributed by atoms with Crippen molar-refractivity contribution in [3.05, 3.63) is 57.7 Å². The minimum absolute atomic E-state index is 0.0215. The normalized spacial score (nSPS) is 10.6. The average Bonchev–Trinajstić information content (AvgIpc) is 3.21. The van der Waals surface area contributed by atoms with Crippen LogP contribution in [0.15, 0.2) is 29.6 Å². The molecule has 5 nitrogen and oxygen atoms in total. The van der Waals surface area contributed by atoms with E-state index in [1.54, 1.807) is 36.8 Å². The molecule has 2 aromatic heterocycles. The molecule has 6 heteroatoms. The Morgan fingerprint density at radius 2 is 1.96 bits per heavy atom. The molecule has 0 fully saturated rings. The molecular weight excluding hydrogens is 372 g/mol. The molecule has 0 atom stereocenters. The van der Waals surface area contributed by atoms with Crippen molar-refractivity contribution in [2.45, 2.75) is 20.3 Å². The molecule has 0 aliphatic rings. The molecule has 3 rings (SSSR count). The summed E-state index contributed by atoms with van der Waals surface area (Å²) in [5.41, 5.74) is 2.70. The molecule has 0 saturated carbocycles. The average molecular weight is 392 g/mol. The third-order valence-corrected chi connectivity index (χ3v) is 5.76. The first-order valence-electron chi connectivity index (χ1n) is 8.76. The number of nitrogens with zero attached hydrogens (tertiary/aromatic N) is 1. The van der Waals surface area contributed by atoms with Gasteiger partial charge in [-0.05, 0) is 53.9 Å². The second-order valence-electron chi connectivity index (χ2n) is 6.60. The van der Waals surface area contributed by atoms with Crippen LogP contribution in [0.3, 0.4) is 0 Å². The van der Waals surface area contributed by atoms with E-state index in [0.717, 1.165) is 10.9 Å². The number of thiophene rings is 1. The highest BCUT2D eigenvalue weighted by molar-refractivity contribution is 7.17. The van der Waals surface area contributed by atoms with Gasteiger partial charge in [0, 0.05) is 23.9 Å². The van der Waals surface area contributed by atoms with Gasteiger partial charge in [-0.15, -0.1) is 17.8 Å². The molecule has 0 radical (unpaired) electrons. The highest BCUT2D eigenvalue weighted by Gasteiger charge is 2.28. The van der Waals surface area contributed by atoms with E-state index in [2.05, 4.69) is 11.2 Å². The van der Waals surface area contributed by atoms with Crippen LogP contribution >= 0.6 is 11.3 Å². The number of carbonyl (C=O) groups excluding carboxylic acids is 3. The van der Waals surface area contributed by atoms with Crippen LogP contribution in [0.4, 0.5) is 0 Å². The summed E-state index contributed by atoms with van der Waals surface area (Å²) in [5, 5.41) is 5.50. The van der Waals surface area contributed by atoms with Crippen LogP contribution in [0.25, 0.3) is 10.1 Å². The van der Waals surface area contributed by atoms with Crippen molar-refractivity contribution in [2.75, 3.05) is 6.54 Å². The molecule has 2 heterocycles. The SMILES string of the molecule is C#CCNC(=O)C(=O)c1c(C)c(C(=O)Cc2ccc3sccc3c2)n(C)c1C. The van der Waals surface area contributed by atoms with Gasteiger partial charge >= 0.3 is 0 Å². The molecule has 0 unspecified atom stereocenters. The van der Waals surface area contributed by atoms with Crippen molar-refractivity contribution >= 4 is 38.9 Å². The summed E-state index contributed by atoms with van der Waals surface area (Å²) < 4.78 is 2.86. The van der Waals surface area contributed by atoms with Gasteiger partial charge in [-0.1, -0.05) is 12.0 Å². The van der Waals surface area contributed by atoms with E-state index in [9.17, 15) is 14.4 Å². The maximum Gasteiger partial charge on any atom is 0.293 e. The van der Waals surface area contributed by atoms with Crippen molar-refractivity contribution in [2.24, 2.45) is 7.05 Å². The van der Waals surface area contributed by atoms with Gasteiger partial charge < -0.3 is 9.88 Å². The standard InChI is InChI=1S/C22H20N2O3S/c1-5-9-23-22(27)21(26)19-13(2)20(24(4)14(19)3)17(25)12-15-6-7-18-16(11-15)8-10-28-18/h1,6-8,10-11H,9,12H2,2-4H3,(H,23,27). The van der Waals surface area contributed by atoms with E-state index >= 15 is 0 Å². The lowest BCUT2D eigenvalue weighted by Gasteiger charge is -2.06. The molecular formula is C22H20N2O3S. The van der Waals surface area contributed by atoms with E-state index in [0.29, 0.717) is 17.0 Å². The molecule has 0 aliphatic carbocycles. The highest BCUT2D eigenvalue weighted by atomic mass is 32.1. The zero-order chi connectivity index (χ0) is 20.4. The first-order chi connectivity index (χ1) is 13.3. The minimum Gasteiger partial charge on any atom is -0.345 e. The number of hydrogen-bond donors (Lipinski definition) is 1. The van der Waals surface area contributed by atoms with Crippen molar-refractivity contribution in [3.63, 3.8) is 0 Å². The smallest absolute Gasteiger partial charge is 0.293 e. The third kappa shape index (κ3) is 3.49. The summed E-state index contributed by atoms with van der Waals surface area (Å²) >= 11 is 1.66. The van der Waals surface area contributed by atoms with Crippen LogP contribution in [0, 0.1) is 26.2 Å². The van der Waals surface area contributed by atoms with Gasteiger partial charge in [0.05, 0.1) is 17.8 Å². The largest absolute Gasteiger partial charge is 0.345 e. The summed E-state index contributed by atoms with van der Waals surface area (Å²) in [4.78, 5) is 37.6. The fourth-order valence-electron chi connectivity index (χ4n) is 3.43. The summed E-state index contributed by atoms with van der Waals surface area (Å²) in [6.45, 7) is 3.40. The maximum absolute atomic E-state index is 13.0. The molecule has 1 N–H and O–H groups in total. The Balaban J connectivity index is 1.91. The fourth-order valence-corrected chi connectivity index (χ4v) is 4.20. The zero-order valence-electron chi connectivity index (χ0n) is 16.0. The van der Waals surface area contributed by atoms with Crippen molar-refractivity contribution in [3.8, 4) is 12.3 Å². The van der Waals surface area contributed by atoms with Gasteiger partial charge in [0.15, 0.2) is 5.78 Å². The number of aromatic nitrogens is 1. The Labute approximate surface area is 167 Å². The van der Waals surface area contributed by atoms with Crippen molar-refractivity contribution in [1.82, 2.24) is 9.88 Å². The molecule has 142 valence electrons. The first kappa shape index (κ1) is 19.6. The van der Waals surface area contributed by atoms with Crippen LogP contribution in [0.5, 0.6) is 0 Å². The molecule has 0 bridgehead atoms. The predicted molar refractivity (Wildman–Crippen MR) is 111 cm³/mol. The lowest BCUT2D eigenvalue weighted by atomic mass is 10.0. The van der Waals surface area contributed by atoms with Gasteiger partial charge in [-0.3, -0.25) is 14.4 Å². The highest BCUT2D eigenvalue weighted by Crippen LogP contribution is 2.25. The van der Waals surface area contributed by atoms with Crippen LogP contribution in [-0.2, 0) is 18.3 Å². The Morgan fingerprint density at radius 1 is 1.21 bits per heavy atom. The topological polar surface area (TPSA) is 68.2 Å². The fraction of sp³-hybridized carbons (Fsp3) is 0.227. The number of Topliss-reactive ketones (excluding diaryl/α,β-unsaturated/α-hetero) is 2. The summed E-state index contributed by atoms with van der Waals surface area (Å²) in [7, 11) is 1.73. The second kappa shape index (κ2) is 7.83. The molecule has 0 spiro atoms. The number of rotatable bonds is 6. The number of hydrogen-bond acceptors (Lipinski definition) is 4. The molecule has 3 aromatic rings. The molecule has 28 heavy (non-hydrogen) atoms. The Kier molecular flexibility index (Phi) is 5.48. The lowest BCUT2D eigenvalue weighted by molar-refractivity contribution is -0.116. The van der Waals surface area contributed by atoms with E-state index in [-0.39, 0.29) is 24.3 Å². The summed E-state index contributed by atoms with van der Waals surface area (Å²) in [6, 6.07) is 7.99. The number of nitrogens with one attached hydrogen (secondary N) is 1. The predicted octanol–water partition coefficient (Wildman–Crippen LogP) is 3.21. The van der Waals surface area contributed by atoms with Crippen LogP contribution in [0.1, 0.15) is 37.7 Å². The van der Waals surface area contributed by atoms with Gasteiger partial charge in [-0.25, -0.2) is 0 Å². The number of ketones is 2. The first-order valence-corrected chi connectivity index (χ1v) is 9.64. The number of benzene rings is 1. The van der Waals surface area contributed by atoms with Crippen LogP contribution < -0.4 is 5.32 Å². The number of amides is 1. The van der Waals surface area contributed by atoms with E-state index in [1.807, 2.05) is 29.6 Å².